The number of allylic oxidation sites excluding steroid dienone is 3. The fourth-order valence-electron chi connectivity index (χ4n) is 2.85. The number of hydrogen-bond donors (Lipinski definition) is 0. The summed E-state index contributed by atoms with van der Waals surface area (Å²) in [6, 6.07) is 1.71. The summed E-state index contributed by atoms with van der Waals surface area (Å²) in [5, 5.41) is 5.64. The molecule has 1 aliphatic carbocycles. The lowest BCUT2D eigenvalue weighted by atomic mass is 9.87. The Morgan fingerprint density at radius 1 is 1.43 bits per heavy atom. The lowest BCUT2D eigenvalue weighted by Gasteiger charge is -2.27. The summed E-state index contributed by atoms with van der Waals surface area (Å²) in [5.41, 5.74) is 5.66. The van der Waals surface area contributed by atoms with Crippen molar-refractivity contribution in [3.63, 3.8) is 0 Å². The summed E-state index contributed by atoms with van der Waals surface area (Å²) < 4.78 is 0. The molecule has 1 aromatic rings. The van der Waals surface area contributed by atoms with Crippen LogP contribution in [0, 0.1) is 4.91 Å². The van der Waals surface area contributed by atoms with Gasteiger partial charge in [0.1, 0.15) is 5.00 Å². The summed E-state index contributed by atoms with van der Waals surface area (Å²) in [6.07, 6.45) is 5.71. The molecule has 21 heavy (non-hydrogen) atoms. The molecular weight excluding hydrogens is 286 g/mol. The van der Waals surface area contributed by atoms with E-state index in [0.717, 1.165) is 5.70 Å². The van der Waals surface area contributed by atoms with Gasteiger partial charge in [-0.3, -0.25) is 4.79 Å². The first kappa shape index (κ1) is 12.2. The maximum Gasteiger partial charge on any atom is 0.224 e. The Balaban J connectivity index is 1.89. The summed E-state index contributed by atoms with van der Waals surface area (Å²) in [7, 11) is 0. The van der Waals surface area contributed by atoms with E-state index in [9.17, 15) is 9.70 Å². The molecule has 2 aliphatic heterocycles. The number of Topliss-reactive ketones (excluding diaryl/α,β-unsaturated/α-hetero) is 1. The van der Waals surface area contributed by atoms with Crippen molar-refractivity contribution in [1.29, 1.82) is 0 Å². The molecule has 1 unspecified atom stereocenters. The number of nitroso groups, excluding NO2 is 1. The van der Waals surface area contributed by atoms with Gasteiger partial charge in [0, 0.05) is 19.0 Å². The Kier molecular flexibility index (Phi) is 2.47. The standard InChI is InChI=1S/C15H9N3O2S/c19-12-11-6-9-21-13(11)16-14-15(12,17-20)7-8-18(14)10-4-2-1-3-5-10/h2,4-6,9H,7-8H2. The van der Waals surface area contributed by atoms with Gasteiger partial charge in [0.2, 0.25) is 11.3 Å². The molecule has 1 atom stereocenters. The van der Waals surface area contributed by atoms with Crippen molar-refractivity contribution >= 4 is 28.0 Å². The van der Waals surface area contributed by atoms with E-state index in [1.54, 1.807) is 18.2 Å². The molecule has 5 nitrogen and oxygen atoms in total. The number of likely N-dealkylation sites (tertiary alicyclic amines) is 1. The van der Waals surface area contributed by atoms with Gasteiger partial charge >= 0.3 is 0 Å². The third kappa shape index (κ3) is 1.52. The predicted octanol–water partition coefficient (Wildman–Crippen LogP) is 2.95. The maximum atomic E-state index is 12.7. The first-order chi connectivity index (χ1) is 10.3. The molecule has 0 N–H and O–H groups in total. The number of ketones is 1. The molecule has 0 saturated carbocycles. The SMILES string of the molecule is O=NC12CCN(C3=CC=C=C=C3)C1=Nc1sccc1C2=O. The fraction of sp³-hybridized carbons (Fsp3) is 0.200. The van der Waals surface area contributed by atoms with Crippen LogP contribution in [-0.2, 0) is 0 Å². The van der Waals surface area contributed by atoms with Crippen LogP contribution in [0.3, 0.4) is 0 Å². The topological polar surface area (TPSA) is 62.1 Å². The number of nitrogens with zero attached hydrogens (tertiary/aromatic N) is 3. The van der Waals surface area contributed by atoms with E-state index >= 15 is 0 Å². The van der Waals surface area contributed by atoms with Crippen LogP contribution in [0.2, 0.25) is 0 Å². The van der Waals surface area contributed by atoms with Crippen LogP contribution in [0.4, 0.5) is 5.00 Å². The number of amidine groups is 1. The van der Waals surface area contributed by atoms with E-state index < -0.39 is 5.54 Å². The molecule has 6 heteroatoms. The van der Waals surface area contributed by atoms with Crippen molar-refractivity contribution in [2.75, 3.05) is 6.54 Å². The number of carbonyl (C=O) groups is 1. The summed E-state index contributed by atoms with van der Waals surface area (Å²) in [6.45, 7) is 0.531. The largest absolute Gasteiger partial charge is 0.327 e. The second kappa shape index (κ2) is 4.24. The quantitative estimate of drug-likeness (QED) is 0.622. The first-order valence-electron chi connectivity index (χ1n) is 6.47. The molecule has 1 aromatic heterocycles. The molecule has 0 amide bonds. The molecule has 1 saturated heterocycles. The highest BCUT2D eigenvalue weighted by molar-refractivity contribution is 7.14. The van der Waals surface area contributed by atoms with Crippen LogP contribution in [0.5, 0.6) is 0 Å². The molecule has 0 bridgehead atoms. The van der Waals surface area contributed by atoms with Gasteiger partial charge in [0.25, 0.3) is 0 Å². The average molecular weight is 295 g/mol. The first-order valence-corrected chi connectivity index (χ1v) is 7.35. The van der Waals surface area contributed by atoms with Crippen molar-refractivity contribution in [2.24, 2.45) is 10.2 Å². The third-order valence-electron chi connectivity index (χ3n) is 3.90. The number of hydrogen-bond acceptors (Lipinski definition) is 6. The van der Waals surface area contributed by atoms with Crippen LogP contribution in [-0.4, -0.2) is 28.6 Å². The van der Waals surface area contributed by atoms with Gasteiger partial charge in [0.05, 0.1) is 11.3 Å². The highest BCUT2D eigenvalue weighted by Gasteiger charge is 2.56. The minimum Gasteiger partial charge on any atom is -0.327 e. The Hall–Kier alpha value is -2.52. The Labute approximate surface area is 124 Å². The molecule has 3 aliphatic rings. The predicted molar refractivity (Wildman–Crippen MR) is 79.8 cm³/mol. The van der Waals surface area contributed by atoms with E-state index in [2.05, 4.69) is 21.6 Å². The fourth-order valence-corrected chi connectivity index (χ4v) is 3.61. The van der Waals surface area contributed by atoms with Crippen LogP contribution in [0.15, 0.2) is 57.0 Å². The number of rotatable bonds is 2. The lowest BCUT2D eigenvalue weighted by Crippen LogP contribution is -2.46. The summed E-state index contributed by atoms with van der Waals surface area (Å²) >= 11 is 1.39. The van der Waals surface area contributed by atoms with Crippen LogP contribution >= 0.6 is 11.3 Å². The van der Waals surface area contributed by atoms with Gasteiger partial charge in [-0.1, -0.05) is 11.5 Å². The molecule has 0 spiro atoms. The van der Waals surface area contributed by atoms with E-state index in [1.165, 1.54) is 11.3 Å². The van der Waals surface area contributed by atoms with Crippen LogP contribution in [0.25, 0.3) is 0 Å². The highest BCUT2D eigenvalue weighted by atomic mass is 32.1. The number of fused-ring (bicyclic) bond motifs is 2. The highest BCUT2D eigenvalue weighted by Crippen LogP contribution is 2.43. The second-order valence-corrected chi connectivity index (χ2v) is 5.84. The minimum atomic E-state index is -1.38. The van der Waals surface area contributed by atoms with Gasteiger partial charge in [-0.15, -0.1) is 16.2 Å². The van der Waals surface area contributed by atoms with Gasteiger partial charge in [-0.05, 0) is 28.8 Å². The van der Waals surface area contributed by atoms with Gasteiger partial charge in [-0.2, -0.15) is 0 Å². The number of carbonyl (C=O) groups excluding carboxylic acids is 1. The molecule has 4 rings (SSSR count). The maximum absolute atomic E-state index is 12.7. The minimum absolute atomic E-state index is 0.243. The average Bonchev–Trinajstić information content (AvgIpc) is 3.13. The van der Waals surface area contributed by atoms with Crippen LogP contribution in [0.1, 0.15) is 16.8 Å². The Morgan fingerprint density at radius 2 is 2.33 bits per heavy atom. The normalized spacial score (nSPS) is 25.5. The smallest absolute Gasteiger partial charge is 0.224 e. The molecular formula is C15H9N3O2S. The van der Waals surface area contributed by atoms with E-state index in [0.29, 0.717) is 29.4 Å². The number of thiophene rings is 1. The molecule has 3 heterocycles. The molecule has 0 radical (unpaired) electrons. The van der Waals surface area contributed by atoms with E-state index in [1.807, 2.05) is 16.4 Å². The van der Waals surface area contributed by atoms with Crippen molar-refractivity contribution in [3.8, 4) is 0 Å². The molecule has 0 aromatic carbocycles. The van der Waals surface area contributed by atoms with Crippen molar-refractivity contribution < 1.29 is 4.79 Å². The summed E-state index contributed by atoms with van der Waals surface area (Å²) in [5.74, 6) is 0.185. The van der Waals surface area contributed by atoms with Gasteiger partial charge < -0.3 is 4.90 Å². The molecule has 1 fully saturated rings. The lowest BCUT2D eigenvalue weighted by molar-refractivity contribution is 0.0933. The van der Waals surface area contributed by atoms with Crippen molar-refractivity contribution in [3.05, 3.63) is 57.3 Å². The zero-order valence-electron chi connectivity index (χ0n) is 10.9. The molecule has 102 valence electrons. The van der Waals surface area contributed by atoms with Crippen LogP contribution < -0.4 is 0 Å². The van der Waals surface area contributed by atoms with Gasteiger partial charge in [-0.25, -0.2) is 4.99 Å². The van der Waals surface area contributed by atoms with E-state index in [4.69, 9.17) is 0 Å². The number of aliphatic imine (C=N–C) groups is 1. The Bertz CT molecular complexity index is 835. The zero-order valence-corrected chi connectivity index (χ0v) is 11.7. The monoisotopic (exact) mass is 295 g/mol. The zero-order chi connectivity index (χ0) is 14.4. The van der Waals surface area contributed by atoms with Crippen molar-refractivity contribution in [1.82, 2.24) is 4.90 Å². The third-order valence-corrected chi connectivity index (χ3v) is 4.71. The van der Waals surface area contributed by atoms with Crippen molar-refractivity contribution in [2.45, 2.75) is 12.0 Å². The second-order valence-electron chi connectivity index (χ2n) is 4.95. The van der Waals surface area contributed by atoms with Gasteiger partial charge in [0.15, 0.2) is 5.84 Å². The Morgan fingerprint density at radius 3 is 3.10 bits per heavy atom. The summed E-state index contributed by atoms with van der Waals surface area (Å²) in [4.78, 5) is 30.6. The van der Waals surface area contributed by atoms with E-state index in [-0.39, 0.29) is 5.78 Å².